The molecule has 0 bridgehead atoms. The second-order valence-electron chi connectivity index (χ2n) is 3.07. The van der Waals surface area contributed by atoms with Crippen LogP contribution in [0.15, 0.2) is 35.4 Å². The van der Waals surface area contributed by atoms with E-state index in [-0.39, 0.29) is 5.56 Å². The Morgan fingerprint density at radius 2 is 2.07 bits per heavy atom. The molecule has 15 heavy (non-hydrogen) atoms. The summed E-state index contributed by atoms with van der Waals surface area (Å²) >= 11 is 1.54. The maximum Gasteiger partial charge on any atom is 0.335 e. The van der Waals surface area contributed by atoms with Crippen molar-refractivity contribution in [1.29, 1.82) is 0 Å². The first kappa shape index (κ1) is 9.98. The van der Waals surface area contributed by atoms with E-state index in [1.807, 2.05) is 18.4 Å². The molecule has 1 heterocycles. The number of nitrogens with zero attached hydrogens (tertiary/aromatic N) is 1. The van der Waals surface area contributed by atoms with E-state index in [4.69, 9.17) is 5.11 Å². The molecule has 1 N–H and O–H groups in total. The van der Waals surface area contributed by atoms with Crippen LogP contribution in [0, 0.1) is 0 Å². The van der Waals surface area contributed by atoms with Crippen molar-refractivity contribution in [3.8, 4) is 0 Å². The van der Waals surface area contributed by atoms with Crippen LogP contribution in [0.1, 0.15) is 10.4 Å². The minimum Gasteiger partial charge on any atom is -0.478 e. The van der Waals surface area contributed by atoms with Gasteiger partial charge in [0.25, 0.3) is 0 Å². The molecule has 0 atom stereocenters. The van der Waals surface area contributed by atoms with Crippen LogP contribution >= 0.6 is 11.8 Å². The Morgan fingerprint density at radius 1 is 1.33 bits per heavy atom. The third-order valence-corrected chi connectivity index (χ3v) is 2.77. The lowest BCUT2D eigenvalue weighted by Crippen LogP contribution is -1.96. The van der Waals surface area contributed by atoms with Crippen LogP contribution < -0.4 is 0 Å². The van der Waals surface area contributed by atoms with E-state index in [9.17, 15) is 4.79 Å². The van der Waals surface area contributed by atoms with Gasteiger partial charge in [-0.05, 0) is 24.5 Å². The molecule has 4 heteroatoms. The molecule has 0 radical (unpaired) electrons. The summed E-state index contributed by atoms with van der Waals surface area (Å²) in [5.74, 6) is -0.923. The van der Waals surface area contributed by atoms with E-state index in [1.54, 1.807) is 18.2 Å². The molecule has 0 saturated carbocycles. The maximum atomic E-state index is 10.8. The molecular weight excluding hydrogens is 210 g/mol. The average molecular weight is 219 g/mol. The number of fused-ring (bicyclic) bond motifs is 1. The van der Waals surface area contributed by atoms with E-state index < -0.39 is 5.97 Å². The van der Waals surface area contributed by atoms with Gasteiger partial charge in [-0.15, -0.1) is 11.8 Å². The Bertz CT molecular complexity index is 525. The fourth-order valence-electron chi connectivity index (χ4n) is 1.35. The lowest BCUT2D eigenvalue weighted by molar-refractivity contribution is 0.0697. The van der Waals surface area contributed by atoms with Crippen molar-refractivity contribution in [2.45, 2.75) is 5.03 Å². The molecule has 2 aromatic rings. The normalized spacial score (nSPS) is 10.5. The first-order chi connectivity index (χ1) is 7.20. The van der Waals surface area contributed by atoms with Crippen LogP contribution in [0.2, 0.25) is 0 Å². The van der Waals surface area contributed by atoms with Crippen LogP contribution in [0.4, 0.5) is 0 Å². The molecular formula is C11H9NO2S. The molecule has 76 valence electrons. The van der Waals surface area contributed by atoms with Gasteiger partial charge in [0.2, 0.25) is 0 Å². The van der Waals surface area contributed by atoms with Gasteiger partial charge in [-0.1, -0.05) is 12.1 Å². The second-order valence-corrected chi connectivity index (χ2v) is 3.89. The molecule has 0 aliphatic rings. The van der Waals surface area contributed by atoms with Crippen molar-refractivity contribution < 1.29 is 9.90 Å². The second kappa shape index (κ2) is 3.90. The monoisotopic (exact) mass is 219 g/mol. The number of rotatable bonds is 2. The number of benzene rings is 1. The SMILES string of the molecule is CSc1ccc2ccc(C(=O)O)cc2n1. The number of hydrogen-bond donors (Lipinski definition) is 1. The average Bonchev–Trinajstić information content (AvgIpc) is 2.27. The zero-order valence-corrected chi connectivity index (χ0v) is 8.91. The number of aromatic nitrogens is 1. The maximum absolute atomic E-state index is 10.8. The summed E-state index contributed by atoms with van der Waals surface area (Å²) in [4.78, 5) is 15.1. The smallest absolute Gasteiger partial charge is 0.335 e. The molecule has 0 fully saturated rings. The lowest BCUT2D eigenvalue weighted by Gasteiger charge is -2.01. The minimum atomic E-state index is -0.923. The Hall–Kier alpha value is -1.55. The largest absolute Gasteiger partial charge is 0.478 e. The summed E-state index contributed by atoms with van der Waals surface area (Å²) < 4.78 is 0. The van der Waals surface area contributed by atoms with Gasteiger partial charge in [0.15, 0.2) is 0 Å². The van der Waals surface area contributed by atoms with Gasteiger partial charge in [0.1, 0.15) is 0 Å². The van der Waals surface area contributed by atoms with Crippen LogP contribution in [0.5, 0.6) is 0 Å². The van der Waals surface area contributed by atoms with Crippen molar-refractivity contribution in [2.75, 3.05) is 6.26 Å². The van der Waals surface area contributed by atoms with E-state index in [0.717, 1.165) is 15.9 Å². The summed E-state index contributed by atoms with van der Waals surface area (Å²) in [6.07, 6.45) is 1.94. The predicted molar refractivity (Wildman–Crippen MR) is 60.5 cm³/mol. The molecule has 0 spiro atoms. The van der Waals surface area contributed by atoms with Crippen molar-refractivity contribution in [2.24, 2.45) is 0 Å². The molecule has 0 aliphatic heterocycles. The molecule has 3 nitrogen and oxygen atoms in total. The van der Waals surface area contributed by atoms with Crippen LogP contribution in [-0.4, -0.2) is 22.3 Å². The number of pyridine rings is 1. The lowest BCUT2D eigenvalue weighted by atomic mass is 10.1. The highest BCUT2D eigenvalue weighted by Gasteiger charge is 2.04. The van der Waals surface area contributed by atoms with Crippen LogP contribution in [0.25, 0.3) is 10.9 Å². The standard InChI is InChI=1S/C11H9NO2S/c1-15-10-5-4-7-2-3-8(11(13)14)6-9(7)12-10/h2-6H,1H3,(H,13,14). The fourth-order valence-corrected chi connectivity index (χ4v) is 1.74. The molecule has 0 aliphatic carbocycles. The molecule has 0 amide bonds. The molecule has 1 aromatic heterocycles. The third-order valence-electron chi connectivity index (χ3n) is 2.12. The van der Waals surface area contributed by atoms with Gasteiger partial charge in [-0.3, -0.25) is 0 Å². The minimum absolute atomic E-state index is 0.272. The predicted octanol–water partition coefficient (Wildman–Crippen LogP) is 2.65. The zero-order valence-electron chi connectivity index (χ0n) is 8.10. The van der Waals surface area contributed by atoms with E-state index in [1.165, 1.54) is 11.8 Å². The molecule has 2 rings (SSSR count). The summed E-state index contributed by atoms with van der Waals surface area (Å²) in [5.41, 5.74) is 0.995. The number of carbonyl (C=O) groups is 1. The quantitative estimate of drug-likeness (QED) is 0.789. The van der Waals surface area contributed by atoms with Gasteiger partial charge in [0.05, 0.1) is 16.1 Å². The van der Waals surface area contributed by atoms with Gasteiger partial charge in [0, 0.05) is 5.39 Å². The summed E-state index contributed by atoms with van der Waals surface area (Å²) in [7, 11) is 0. The molecule has 0 unspecified atom stereocenters. The van der Waals surface area contributed by atoms with Crippen LogP contribution in [0.3, 0.4) is 0 Å². The number of carboxylic acid groups (broad SMARTS) is 1. The summed E-state index contributed by atoms with van der Waals surface area (Å²) in [6, 6.07) is 8.83. The Kier molecular flexibility index (Phi) is 2.60. The number of hydrogen-bond acceptors (Lipinski definition) is 3. The Morgan fingerprint density at radius 3 is 2.73 bits per heavy atom. The van der Waals surface area contributed by atoms with Crippen molar-refractivity contribution in [1.82, 2.24) is 4.98 Å². The van der Waals surface area contributed by atoms with Crippen molar-refractivity contribution in [3.05, 3.63) is 35.9 Å². The van der Waals surface area contributed by atoms with Crippen molar-refractivity contribution >= 4 is 28.6 Å². The number of carboxylic acids is 1. The van der Waals surface area contributed by atoms with Gasteiger partial charge >= 0.3 is 5.97 Å². The summed E-state index contributed by atoms with van der Waals surface area (Å²) in [5, 5.41) is 10.7. The topological polar surface area (TPSA) is 50.2 Å². The Labute approximate surface area is 91.1 Å². The van der Waals surface area contributed by atoms with Gasteiger partial charge < -0.3 is 5.11 Å². The fraction of sp³-hybridized carbons (Fsp3) is 0.0909. The molecule has 0 saturated heterocycles. The van der Waals surface area contributed by atoms with Crippen molar-refractivity contribution in [3.63, 3.8) is 0 Å². The first-order valence-corrected chi connectivity index (χ1v) is 5.61. The highest BCUT2D eigenvalue weighted by atomic mass is 32.2. The molecule has 1 aromatic carbocycles. The van der Waals surface area contributed by atoms with E-state index in [2.05, 4.69) is 4.98 Å². The first-order valence-electron chi connectivity index (χ1n) is 4.39. The highest BCUT2D eigenvalue weighted by Crippen LogP contribution is 2.19. The summed E-state index contributed by atoms with van der Waals surface area (Å²) in [6.45, 7) is 0. The highest BCUT2D eigenvalue weighted by molar-refractivity contribution is 7.98. The third kappa shape index (κ3) is 1.94. The zero-order chi connectivity index (χ0) is 10.8. The van der Waals surface area contributed by atoms with Gasteiger partial charge in [-0.2, -0.15) is 0 Å². The van der Waals surface area contributed by atoms with E-state index >= 15 is 0 Å². The van der Waals surface area contributed by atoms with Crippen LogP contribution in [-0.2, 0) is 0 Å². The van der Waals surface area contributed by atoms with Gasteiger partial charge in [-0.25, -0.2) is 9.78 Å². The Balaban J connectivity index is 2.62. The van der Waals surface area contributed by atoms with E-state index in [0.29, 0.717) is 0 Å². The number of aromatic carboxylic acids is 1. The number of thioether (sulfide) groups is 1.